The van der Waals surface area contributed by atoms with Gasteiger partial charge in [-0.3, -0.25) is 4.79 Å². The number of aliphatic hydroxyl groups is 1. The summed E-state index contributed by atoms with van der Waals surface area (Å²) >= 11 is 1.14. The fourth-order valence-electron chi connectivity index (χ4n) is 4.11. The van der Waals surface area contributed by atoms with Gasteiger partial charge in [0.15, 0.2) is 5.79 Å². The summed E-state index contributed by atoms with van der Waals surface area (Å²) in [4.78, 5) is 24.0. The van der Waals surface area contributed by atoms with Crippen LogP contribution in [0.2, 0.25) is 0 Å². The zero-order valence-electron chi connectivity index (χ0n) is 16.7. The van der Waals surface area contributed by atoms with Gasteiger partial charge >= 0.3 is 5.97 Å². The zero-order valence-corrected chi connectivity index (χ0v) is 17.5. The molecule has 0 radical (unpaired) electrons. The number of amides is 1. The number of carbonyl (C=O) groups excluding carboxylic acids is 2. The molecule has 3 aliphatic heterocycles. The molecular formula is C21H31NO5S. The quantitative estimate of drug-likeness (QED) is 0.534. The van der Waals surface area contributed by atoms with Crippen molar-refractivity contribution in [1.82, 2.24) is 5.32 Å². The Morgan fingerprint density at radius 3 is 2.86 bits per heavy atom. The smallest absolute Gasteiger partial charge is 0.330 e. The number of carbonyl (C=O) groups is 2. The molecule has 0 aromatic carbocycles. The molecule has 3 aliphatic rings. The Labute approximate surface area is 171 Å². The van der Waals surface area contributed by atoms with Gasteiger partial charge in [-0.05, 0) is 44.9 Å². The Balaban J connectivity index is 1.79. The van der Waals surface area contributed by atoms with Crippen molar-refractivity contribution >= 4 is 23.0 Å². The summed E-state index contributed by atoms with van der Waals surface area (Å²) in [6.07, 6.45) is 10.6. The first-order valence-corrected chi connectivity index (χ1v) is 11.2. The molecule has 0 spiro atoms. The van der Waals surface area contributed by atoms with Gasteiger partial charge in [-0.2, -0.15) is 0 Å². The fourth-order valence-corrected chi connectivity index (χ4v) is 5.00. The highest BCUT2D eigenvalue weighted by Gasteiger charge is 2.49. The van der Waals surface area contributed by atoms with E-state index < -0.39 is 17.9 Å². The highest BCUT2D eigenvalue weighted by molar-refractivity contribution is 8.14. The van der Waals surface area contributed by atoms with E-state index >= 15 is 0 Å². The van der Waals surface area contributed by atoms with Crippen molar-refractivity contribution in [3.8, 4) is 0 Å². The van der Waals surface area contributed by atoms with Crippen LogP contribution < -0.4 is 5.32 Å². The van der Waals surface area contributed by atoms with Crippen molar-refractivity contribution in [2.45, 2.75) is 82.8 Å². The molecule has 3 rings (SSSR count). The molecule has 2 saturated heterocycles. The molecule has 0 aliphatic carbocycles. The monoisotopic (exact) mass is 409 g/mol. The third kappa shape index (κ3) is 5.61. The number of rotatable bonds is 2. The lowest BCUT2D eigenvalue weighted by molar-refractivity contribution is -0.283. The minimum atomic E-state index is -1.51. The molecule has 2 fully saturated rings. The average molecular weight is 410 g/mol. The molecule has 0 saturated carbocycles. The van der Waals surface area contributed by atoms with Gasteiger partial charge in [0.05, 0.1) is 12.1 Å². The maximum atomic E-state index is 12.3. The van der Waals surface area contributed by atoms with Crippen LogP contribution in [0.15, 0.2) is 23.8 Å². The second-order valence-corrected chi connectivity index (χ2v) is 9.07. The molecule has 5 atom stereocenters. The minimum Gasteiger partial charge on any atom is -0.459 e. The van der Waals surface area contributed by atoms with Crippen molar-refractivity contribution in [3.63, 3.8) is 0 Å². The lowest BCUT2D eigenvalue weighted by Crippen LogP contribution is -2.58. The van der Waals surface area contributed by atoms with Gasteiger partial charge in [0.2, 0.25) is 0 Å². The van der Waals surface area contributed by atoms with Crippen LogP contribution in [0.4, 0.5) is 4.79 Å². The van der Waals surface area contributed by atoms with E-state index in [1.165, 1.54) is 0 Å². The van der Waals surface area contributed by atoms with E-state index in [1.54, 1.807) is 6.08 Å². The SMILES string of the molecule is CC[C@@H]1C=CCCC(C)=CC(=O)O[C@@H]2C[C@@H](CC1)O[C@@](O)(C1CSC(=O)N1)C2. The molecule has 0 aromatic heterocycles. The van der Waals surface area contributed by atoms with Gasteiger partial charge in [0.1, 0.15) is 6.10 Å². The first-order valence-electron chi connectivity index (χ1n) is 10.3. The Bertz CT molecular complexity index is 649. The van der Waals surface area contributed by atoms with E-state index in [2.05, 4.69) is 24.4 Å². The van der Waals surface area contributed by atoms with E-state index in [1.807, 2.05) is 6.92 Å². The number of esters is 1. The third-order valence-electron chi connectivity index (χ3n) is 5.78. The van der Waals surface area contributed by atoms with Gasteiger partial charge < -0.3 is 19.9 Å². The average Bonchev–Trinajstić information content (AvgIpc) is 3.07. The lowest BCUT2D eigenvalue weighted by atomic mass is 9.89. The topological polar surface area (TPSA) is 84.9 Å². The van der Waals surface area contributed by atoms with Crippen LogP contribution in [0, 0.1) is 5.92 Å². The van der Waals surface area contributed by atoms with E-state index in [0.717, 1.165) is 49.4 Å². The molecule has 1 amide bonds. The molecule has 3 heterocycles. The van der Waals surface area contributed by atoms with Gasteiger partial charge in [-0.15, -0.1) is 0 Å². The molecule has 28 heavy (non-hydrogen) atoms. The van der Waals surface area contributed by atoms with Crippen LogP contribution >= 0.6 is 11.8 Å². The number of hydrogen-bond acceptors (Lipinski definition) is 6. The first kappa shape index (κ1) is 21.4. The summed E-state index contributed by atoms with van der Waals surface area (Å²) in [5.41, 5.74) is 0.984. The van der Waals surface area contributed by atoms with E-state index in [0.29, 0.717) is 18.1 Å². The Morgan fingerprint density at radius 1 is 1.32 bits per heavy atom. The molecular weight excluding hydrogens is 378 g/mol. The number of nitrogens with one attached hydrogen (secondary N) is 1. The van der Waals surface area contributed by atoms with Gasteiger partial charge in [-0.25, -0.2) is 4.79 Å². The molecule has 0 aromatic rings. The number of thioether (sulfide) groups is 1. The van der Waals surface area contributed by atoms with Gasteiger partial charge in [-0.1, -0.05) is 36.4 Å². The van der Waals surface area contributed by atoms with Crippen LogP contribution in [-0.2, 0) is 14.3 Å². The lowest BCUT2D eigenvalue weighted by Gasteiger charge is -2.43. The van der Waals surface area contributed by atoms with E-state index in [9.17, 15) is 14.7 Å². The van der Waals surface area contributed by atoms with Crippen molar-refractivity contribution in [1.29, 1.82) is 0 Å². The maximum absolute atomic E-state index is 12.3. The van der Waals surface area contributed by atoms with Crippen LogP contribution in [0.25, 0.3) is 0 Å². The van der Waals surface area contributed by atoms with Crippen LogP contribution in [0.3, 0.4) is 0 Å². The Morgan fingerprint density at radius 2 is 2.14 bits per heavy atom. The zero-order chi connectivity index (χ0) is 20.1. The summed E-state index contributed by atoms with van der Waals surface area (Å²) in [6, 6.07) is -0.493. The minimum absolute atomic E-state index is 0.158. The summed E-state index contributed by atoms with van der Waals surface area (Å²) in [5.74, 6) is -0.973. The van der Waals surface area contributed by atoms with Crippen LogP contribution in [-0.4, -0.2) is 46.1 Å². The molecule has 2 N–H and O–H groups in total. The standard InChI is InChI=1S/C21H31NO5S/c1-3-15-7-5-4-6-14(2)10-19(23)26-17-11-16(9-8-15)27-21(25,12-17)18-13-28-20(24)22-18/h5,7,10,15-18,25H,3-4,6,8-9,11-13H2,1-2H3,(H,22,24)/t15-,16-,17-,18?,21-/m1/s1. The number of ether oxygens (including phenoxy) is 2. The molecule has 7 heteroatoms. The van der Waals surface area contributed by atoms with Gasteiger partial charge in [0.25, 0.3) is 5.24 Å². The molecule has 6 nitrogen and oxygen atoms in total. The molecule has 2 bridgehead atoms. The highest BCUT2D eigenvalue weighted by atomic mass is 32.2. The highest BCUT2D eigenvalue weighted by Crippen LogP contribution is 2.37. The predicted molar refractivity (Wildman–Crippen MR) is 109 cm³/mol. The Kier molecular flexibility index (Phi) is 7.23. The van der Waals surface area contributed by atoms with Crippen molar-refractivity contribution in [2.24, 2.45) is 5.92 Å². The second kappa shape index (κ2) is 9.46. The normalized spacial score (nSPS) is 37.6. The molecule has 156 valence electrons. The predicted octanol–water partition coefficient (Wildman–Crippen LogP) is 3.69. The largest absolute Gasteiger partial charge is 0.459 e. The van der Waals surface area contributed by atoms with Gasteiger partial charge in [0, 0.05) is 24.7 Å². The summed E-state index contributed by atoms with van der Waals surface area (Å²) in [5, 5.41) is 13.8. The summed E-state index contributed by atoms with van der Waals surface area (Å²) in [7, 11) is 0. The van der Waals surface area contributed by atoms with Crippen molar-refractivity contribution in [2.75, 3.05) is 5.75 Å². The van der Waals surface area contributed by atoms with E-state index in [-0.39, 0.29) is 23.7 Å². The number of allylic oxidation sites excluding steroid dienone is 3. The third-order valence-corrected chi connectivity index (χ3v) is 6.66. The van der Waals surface area contributed by atoms with E-state index in [4.69, 9.17) is 9.47 Å². The molecule has 1 unspecified atom stereocenters. The number of fused-ring (bicyclic) bond motifs is 2. The number of hydrogen-bond donors (Lipinski definition) is 2. The second-order valence-electron chi connectivity index (χ2n) is 8.08. The van der Waals surface area contributed by atoms with Crippen LogP contribution in [0.1, 0.15) is 58.8 Å². The Hall–Kier alpha value is -1.31. The van der Waals surface area contributed by atoms with Crippen LogP contribution in [0.5, 0.6) is 0 Å². The maximum Gasteiger partial charge on any atom is 0.330 e. The van der Waals surface area contributed by atoms with Crippen molar-refractivity contribution in [3.05, 3.63) is 23.8 Å². The first-order chi connectivity index (χ1) is 13.4. The van der Waals surface area contributed by atoms with Crippen molar-refractivity contribution < 1.29 is 24.2 Å². The fraction of sp³-hybridized carbons (Fsp3) is 0.714. The summed E-state index contributed by atoms with van der Waals surface area (Å²) < 4.78 is 11.8. The summed E-state index contributed by atoms with van der Waals surface area (Å²) in [6.45, 7) is 4.11.